The molecular formula is C17H19NO2. The maximum Gasteiger partial charge on any atom is 0.330 e. The van der Waals surface area contributed by atoms with Gasteiger partial charge in [0.15, 0.2) is 6.04 Å². The lowest BCUT2D eigenvalue weighted by molar-refractivity contribution is -0.138. The molecule has 2 N–H and O–H groups in total. The molecule has 0 radical (unpaired) electrons. The highest BCUT2D eigenvalue weighted by Crippen LogP contribution is 2.26. The van der Waals surface area contributed by atoms with E-state index in [1.165, 1.54) is 0 Å². The van der Waals surface area contributed by atoms with Crippen LogP contribution < -0.4 is 5.32 Å². The van der Waals surface area contributed by atoms with Gasteiger partial charge >= 0.3 is 5.97 Å². The van der Waals surface area contributed by atoms with Crippen LogP contribution in [0.3, 0.4) is 0 Å². The second-order valence-corrected chi connectivity index (χ2v) is 5.09. The van der Waals surface area contributed by atoms with Crippen molar-refractivity contribution in [2.75, 3.05) is 5.32 Å². The quantitative estimate of drug-likeness (QED) is 0.886. The second kappa shape index (κ2) is 5.78. The van der Waals surface area contributed by atoms with Crippen molar-refractivity contribution in [3.63, 3.8) is 0 Å². The van der Waals surface area contributed by atoms with E-state index in [9.17, 15) is 9.90 Å². The van der Waals surface area contributed by atoms with Crippen molar-refractivity contribution in [3.8, 4) is 0 Å². The zero-order valence-corrected chi connectivity index (χ0v) is 12.0. The molecule has 0 aliphatic carbocycles. The van der Waals surface area contributed by atoms with E-state index in [1.54, 1.807) is 0 Å². The maximum absolute atomic E-state index is 11.6. The lowest BCUT2D eigenvalue weighted by atomic mass is 9.96. The summed E-state index contributed by atoms with van der Waals surface area (Å²) in [5, 5.41) is 12.7. The highest BCUT2D eigenvalue weighted by Gasteiger charge is 2.23. The zero-order chi connectivity index (χ0) is 14.7. The van der Waals surface area contributed by atoms with Gasteiger partial charge in [0.25, 0.3) is 0 Å². The van der Waals surface area contributed by atoms with Crippen molar-refractivity contribution in [1.29, 1.82) is 0 Å². The molecule has 104 valence electrons. The van der Waals surface area contributed by atoms with Crippen LogP contribution in [0.1, 0.15) is 28.3 Å². The number of rotatable bonds is 4. The van der Waals surface area contributed by atoms with Crippen LogP contribution in [0.15, 0.2) is 42.5 Å². The Morgan fingerprint density at radius 2 is 1.65 bits per heavy atom. The minimum absolute atomic E-state index is 0.738. The van der Waals surface area contributed by atoms with Crippen LogP contribution in [-0.2, 0) is 4.79 Å². The number of aryl methyl sites for hydroxylation is 3. The molecule has 0 saturated heterocycles. The Morgan fingerprint density at radius 1 is 1.05 bits per heavy atom. The van der Waals surface area contributed by atoms with Gasteiger partial charge in [0.05, 0.1) is 0 Å². The summed E-state index contributed by atoms with van der Waals surface area (Å²) in [7, 11) is 0. The third-order valence-electron chi connectivity index (χ3n) is 3.41. The third kappa shape index (κ3) is 2.99. The predicted molar refractivity (Wildman–Crippen MR) is 81.1 cm³/mol. The molecular weight excluding hydrogens is 250 g/mol. The fourth-order valence-corrected chi connectivity index (χ4v) is 2.44. The molecule has 3 nitrogen and oxygen atoms in total. The van der Waals surface area contributed by atoms with Crippen LogP contribution in [-0.4, -0.2) is 11.1 Å². The number of carboxylic acids is 1. The van der Waals surface area contributed by atoms with Crippen LogP contribution in [0.5, 0.6) is 0 Å². The van der Waals surface area contributed by atoms with Gasteiger partial charge in [-0.25, -0.2) is 4.79 Å². The zero-order valence-electron chi connectivity index (χ0n) is 12.0. The number of nitrogens with one attached hydrogen (secondary N) is 1. The molecule has 0 aliphatic rings. The average molecular weight is 269 g/mol. The molecule has 20 heavy (non-hydrogen) atoms. The average Bonchev–Trinajstić information content (AvgIpc) is 2.37. The van der Waals surface area contributed by atoms with E-state index in [0.29, 0.717) is 0 Å². The third-order valence-corrected chi connectivity index (χ3v) is 3.41. The van der Waals surface area contributed by atoms with Crippen molar-refractivity contribution in [1.82, 2.24) is 0 Å². The van der Waals surface area contributed by atoms with E-state index in [2.05, 4.69) is 5.32 Å². The highest BCUT2D eigenvalue weighted by molar-refractivity contribution is 5.80. The Kier molecular flexibility index (Phi) is 4.08. The summed E-state index contributed by atoms with van der Waals surface area (Å²) in [6, 6.07) is 12.8. The van der Waals surface area contributed by atoms with Crippen molar-refractivity contribution < 1.29 is 9.90 Å². The van der Waals surface area contributed by atoms with E-state index < -0.39 is 12.0 Å². The van der Waals surface area contributed by atoms with Crippen LogP contribution in [0.4, 0.5) is 5.69 Å². The lowest BCUT2D eigenvalue weighted by Gasteiger charge is -2.20. The van der Waals surface area contributed by atoms with E-state index in [0.717, 1.165) is 27.9 Å². The van der Waals surface area contributed by atoms with Crippen LogP contribution in [0, 0.1) is 20.8 Å². The summed E-state index contributed by atoms with van der Waals surface area (Å²) < 4.78 is 0. The van der Waals surface area contributed by atoms with Crippen molar-refractivity contribution in [2.24, 2.45) is 0 Å². The Hall–Kier alpha value is -2.29. The van der Waals surface area contributed by atoms with Gasteiger partial charge in [-0.3, -0.25) is 0 Å². The Morgan fingerprint density at radius 3 is 2.20 bits per heavy atom. The Bertz CT molecular complexity index is 614. The van der Waals surface area contributed by atoms with Gasteiger partial charge in [0, 0.05) is 5.69 Å². The molecule has 0 aromatic heterocycles. The normalized spacial score (nSPS) is 11.9. The van der Waals surface area contributed by atoms with Crippen LogP contribution in [0.25, 0.3) is 0 Å². The molecule has 0 aliphatic heterocycles. The number of benzene rings is 2. The SMILES string of the molecule is Cc1cccc(NC(C(=O)O)c2c(C)cccc2C)c1. The fourth-order valence-electron chi connectivity index (χ4n) is 2.44. The molecule has 0 heterocycles. The van der Waals surface area contributed by atoms with E-state index >= 15 is 0 Å². The smallest absolute Gasteiger partial charge is 0.330 e. The number of hydrogen-bond acceptors (Lipinski definition) is 2. The van der Waals surface area contributed by atoms with Gasteiger partial charge in [-0.1, -0.05) is 30.3 Å². The van der Waals surface area contributed by atoms with E-state index in [-0.39, 0.29) is 0 Å². The molecule has 2 aromatic carbocycles. The summed E-state index contributed by atoms with van der Waals surface area (Å²) in [4.78, 5) is 11.6. The molecule has 0 amide bonds. The first-order valence-corrected chi connectivity index (χ1v) is 6.61. The Labute approximate surface area is 119 Å². The van der Waals surface area contributed by atoms with Crippen molar-refractivity contribution in [3.05, 3.63) is 64.7 Å². The van der Waals surface area contributed by atoms with Gasteiger partial charge < -0.3 is 10.4 Å². The maximum atomic E-state index is 11.6. The number of carboxylic acid groups (broad SMARTS) is 1. The monoisotopic (exact) mass is 269 g/mol. The highest BCUT2D eigenvalue weighted by atomic mass is 16.4. The molecule has 0 bridgehead atoms. The van der Waals surface area contributed by atoms with Crippen LogP contribution in [0.2, 0.25) is 0 Å². The van der Waals surface area contributed by atoms with Gasteiger partial charge in [-0.15, -0.1) is 0 Å². The first-order valence-electron chi connectivity index (χ1n) is 6.61. The molecule has 0 spiro atoms. The van der Waals surface area contributed by atoms with Crippen LogP contribution >= 0.6 is 0 Å². The van der Waals surface area contributed by atoms with Crippen molar-refractivity contribution in [2.45, 2.75) is 26.8 Å². The fraction of sp³-hybridized carbons (Fsp3) is 0.235. The number of aliphatic carboxylic acids is 1. The number of carbonyl (C=O) groups is 1. The van der Waals surface area contributed by atoms with Gasteiger partial charge in [0.2, 0.25) is 0 Å². The van der Waals surface area contributed by atoms with E-state index in [1.807, 2.05) is 63.2 Å². The van der Waals surface area contributed by atoms with Gasteiger partial charge in [-0.2, -0.15) is 0 Å². The summed E-state index contributed by atoms with van der Waals surface area (Å²) in [6.45, 7) is 5.87. The first kappa shape index (κ1) is 14.1. The number of hydrogen-bond donors (Lipinski definition) is 2. The minimum Gasteiger partial charge on any atom is -0.479 e. The van der Waals surface area contributed by atoms with Crippen molar-refractivity contribution >= 4 is 11.7 Å². The topological polar surface area (TPSA) is 49.3 Å². The summed E-state index contributed by atoms with van der Waals surface area (Å²) in [6.07, 6.45) is 0. The van der Waals surface area contributed by atoms with Gasteiger partial charge in [-0.05, 0) is 55.2 Å². The molecule has 0 fully saturated rings. The molecule has 2 rings (SSSR count). The molecule has 2 aromatic rings. The number of anilines is 1. The van der Waals surface area contributed by atoms with Gasteiger partial charge in [0.1, 0.15) is 0 Å². The second-order valence-electron chi connectivity index (χ2n) is 5.09. The standard InChI is InChI=1S/C17H19NO2/c1-11-6-4-9-14(10-11)18-16(17(19)20)15-12(2)7-5-8-13(15)3/h4-10,16,18H,1-3H3,(H,19,20). The largest absolute Gasteiger partial charge is 0.479 e. The summed E-state index contributed by atoms with van der Waals surface area (Å²) in [5.74, 6) is -0.871. The molecule has 3 heteroatoms. The molecule has 1 atom stereocenters. The Balaban J connectivity index is 2.40. The first-order chi connectivity index (χ1) is 9.49. The molecule has 1 unspecified atom stereocenters. The van der Waals surface area contributed by atoms with E-state index in [4.69, 9.17) is 0 Å². The summed E-state index contributed by atoms with van der Waals surface area (Å²) >= 11 is 0. The minimum atomic E-state index is -0.871. The molecule has 0 saturated carbocycles. The predicted octanol–water partition coefficient (Wildman–Crippen LogP) is 3.85. The summed E-state index contributed by atoms with van der Waals surface area (Å²) in [5.41, 5.74) is 4.72. The lowest BCUT2D eigenvalue weighted by Crippen LogP contribution is -2.22.